The van der Waals surface area contributed by atoms with Gasteiger partial charge in [0.25, 0.3) is 0 Å². The summed E-state index contributed by atoms with van der Waals surface area (Å²) in [4.78, 5) is 11.6. The number of nitrogens with two attached hydrogens (primary N) is 1. The summed E-state index contributed by atoms with van der Waals surface area (Å²) in [7, 11) is 1.61. The summed E-state index contributed by atoms with van der Waals surface area (Å²) in [6, 6.07) is 1.09. The molecule has 0 aromatic carbocycles. The van der Waals surface area contributed by atoms with Crippen LogP contribution in [0.4, 0.5) is 5.82 Å². The van der Waals surface area contributed by atoms with Crippen molar-refractivity contribution in [3.05, 3.63) is 11.8 Å². The monoisotopic (exact) mass is 227 g/mol. The Morgan fingerprint density at radius 1 is 1.75 bits per heavy atom. The molecular weight excluding hydrogens is 210 g/mol. The number of anilines is 1. The number of hydrogen-bond acceptors (Lipinski definition) is 5. The number of aryl methyl sites for hydroxylation is 1. The van der Waals surface area contributed by atoms with Crippen molar-refractivity contribution in [2.75, 3.05) is 19.0 Å². The van der Waals surface area contributed by atoms with E-state index < -0.39 is 6.04 Å². The molecular formula is C10H17N3O3. The van der Waals surface area contributed by atoms with Crippen molar-refractivity contribution in [2.45, 2.75) is 25.8 Å². The van der Waals surface area contributed by atoms with Crippen molar-refractivity contribution < 1.29 is 14.1 Å². The van der Waals surface area contributed by atoms with E-state index in [1.807, 2.05) is 0 Å². The molecule has 0 bridgehead atoms. The third-order valence-corrected chi connectivity index (χ3v) is 2.08. The van der Waals surface area contributed by atoms with Gasteiger partial charge in [0, 0.05) is 19.8 Å². The van der Waals surface area contributed by atoms with Gasteiger partial charge in [0.2, 0.25) is 5.91 Å². The molecule has 0 aliphatic carbocycles. The second kappa shape index (κ2) is 6.24. The molecule has 1 atom stereocenters. The number of carbonyl (C=O) groups is 1. The van der Waals surface area contributed by atoms with E-state index in [2.05, 4.69) is 10.5 Å². The van der Waals surface area contributed by atoms with Gasteiger partial charge in [0.05, 0.1) is 6.04 Å². The number of nitrogens with zero attached hydrogens (tertiary/aromatic N) is 1. The third-order valence-electron chi connectivity index (χ3n) is 2.08. The molecule has 1 amide bonds. The van der Waals surface area contributed by atoms with Crippen molar-refractivity contribution in [2.24, 2.45) is 5.73 Å². The van der Waals surface area contributed by atoms with Crippen LogP contribution in [0.25, 0.3) is 0 Å². The number of amides is 1. The first-order chi connectivity index (χ1) is 7.63. The Kier molecular flexibility index (Phi) is 4.94. The largest absolute Gasteiger partial charge is 0.385 e. The molecule has 1 rings (SSSR count). The van der Waals surface area contributed by atoms with Crippen molar-refractivity contribution in [1.29, 1.82) is 0 Å². The fourth-order valence-electron chi connectivity index (χ4n) is 1.22. The highest BCUT2D eigenvalue weighted by Gasteiger charge is 2.14. The van der Waals surface area contributed by atoms with Crippen molar-refractivity contribution in [3.63, 3.8) is 0 Å². The highest BCUT2D eigenvalue weighted by Crippen LogP contribution is 2.07. The van der Waals surface area contributed by atoms with Crippen LogP contribution >= 0.6 is 0 Å². The molecule has 1 heterocycles. The fourth-order valence-corrected chi connectivity index (χ4v) is 1.22. The molecule has 1 unspecified atom stereocenters. The summed E-state index contributed by atoms with van der Waals surface area (Å²) >= 11 is 0. The lowest BCUT2D eigenvalue weighted by molar-refractivity contribution is -0.117. The second-order valence-electron chi connectivity index (χ2n) is 3.55. The van der Waals surface area contributed by atoms with E-state index in [1.54, 1.807) is 20.1 Å². The summed E-state index contributed by atoms with van der Waals surface area (Å²) in [5.41, 5.74) is 5.69. The van der Waals surface area contributed by atoms with Crippen molar-refractivity contribution in [1.82, 2.24) is 5.16 Å². The van der Waals surface area contributed by atoms with Gasteiger partial charge in [-0.3, -0.25) is 4.79 Å². The molecule has 6 heteroatoms. The van der Waals surface area contributed by atoms with Crippen LogP contribution in [0.15, 0.2) is 10.6 Å². The fraction of sp³-hybridized carbons (Fsp3) is 0.600. The van der Waals surface area contributed by atoms with Gasteiger partial charge in [-0.1, -0.05) is 5.16 Å². The SMILES string of the molecule is COCCCC(N)C(=O)Nc1cc(C)on1. The predicted molar refractivity (Wildman–Crippen MR) is 59.0 cm³/mol. The molecule has 3 N–H and O–H groups in total. The minimum Gasteiger partial charge on any atom is -0.385 e. The average Bonchev–Trinajstić information content (AvgIpc) is 2.64. The predicted octanol–water partition coefficient (Wildman–Crippen LogP) is 0.675. The molecule has 0 aliphatic rings. The molecule has 0 fully saturated rings. The molecule has 1 aromatic heterocycles. The number of carbonyl (C=O) groups excluding carboxylic acids is 1. The Hall–Kier alpha value is -1.40. The summed E-state index contributed by atoms with van der Waals surface area (Å²) < 4.78 is 9.70. The summed E-state index contributed by atoms with van der Waals surface area (Å²) in [6.07, 6.45) is 1.33. The Morgan fingerprint density at radius 2 is 2.50 bits per heavy atom. The van der Waals surface area contributed by atoms with Gasteiger partial charge in [-0.15, -0.1) is 0 Å². The number of methoxy groups -OCH3 is 1. The van der Waals surface area contributed by atoms with E-state index in [4.69, 9.17) is 15.0 Å². The topological polar surface area (TPSA) is 90.4 Å². The normalized spacial score (nSPS) is 12.4. The average molecular weight is 227 g/mol. The molecule has 0 radical (unpaired) electrons. The summed E-state index contributed by atoms with van der Waals surface area (Å²) in [5, 5.41) is 6.23. The number of hydrogen-bond donors (Lipinski definition) is 2. The Balaban J connectivity index is 2.34. The molecule has 1 aromatic rings. The van der Waals surface area contributed by atoms with Gasteiger partial charge in [-0.05, 0) is 19.8 Å². The van der Waals surface area contributed by atoms with Crippen LogP contribution in [-0.2, 0) is 9.53 Å². The van der Waals surface area contributed by atoms with E-state index in [0.717, 1.165) is 6.42 Å². The van der Waals surface area contributed by atoms with E-state index in [9.17, 15) is 4.79 Å². The molecule has 0 spiro atoms. The van der Waals surface area contributed by atoms with E-state index in [-0.39, 0.29) is 5.91 Å². The van der Waals surface area contributed by atoms with Crippen molar-refractivity contribution >= 4 is 11.7 Å². The minimum absolute atomic E-state index is 0.260. The van der Waals surface area contributed by atoms with Crippen LogP contribution in [0.3, 0.4) is 0 Å². The first kappa shape index (κ1) is 12.7. The van der Waals surface area contributed by atoms with Crippen LogP contribution in [0.5, 0.6) is 0 Å². The lowest BCUT2D eigenvalue weighted by atomic mass is 10.1. The maximum absolute atomic E-state index is 11.6. The molecule has 0 aliphatic heterocycles. The maximum Gasteiger partial charge on any atom is 0.242 e. The van der Waals surface area contributed by atoms with Crippen LogP contribution in [0, 0.1) is 6.92 Å². The highest BCUT2D eigenvalue weighted by molar-refractivity contribution is 5.93. The lowest BCUT2D eigenvalue weighted by Crippen LogP contribution is -2.35. The first-order valence-corrected chi connectivity index (χ1v) is 5.12. The molecule has 90 valence electrons. The molecule has 16 heavy (non-hydrogen) atoms. The number of rotatable bonds is 6. The lowest BCUT2D eigenvalue weighted by Gasteiger charge is -2.09. The van der Waals surface area contributed by atoms with Crippen LogP contribution in [0.2, 0.25) is 0 Å². The van der Waals surface area contributed by atoms with E-state index >= 15 is 0 Å². The van der Waals surface area contributed by atoms with Crippen LogP contribution in [-0.4, -0.2) is 30.8 Å². The molecule has 6 nitrogen and oxygen atoms in total. The standard InChI is InChI=1S/C10H17N3O3/c1-7-6-9(13-16-7)12-10(14)8(11)4-3-5-15-2/h6,8H,3-5,11H2,1-2H3,(H,12,13,14). The van der Waals surface area contributed by atoms with Crippen molar-refractivity contribution in [3.8, 4) is 0 Å². The van der Waals surface area contributed by atoms with Gasteiger partial charge >= 0.3 is 0 Å². The van der Waals surface area contributed by atoms with E-state index in [1.165, 1.54) is 0 Å². The molecule has 0 saturated carbocycles. The van der Waals surface area contributed by atoms with Crippen LogP contribution < -0.4 is 11.1 Å². The Bertz CT molecular complexity index is 338. The van der Waals surface area contributed by atoms with Crippen LogP contribution in [0.1, 0.15) is 18.6 Å². The Labute approximate surface area is 94.1 Å². The van der Waals surface area contributed by atoms with Gasteiger partial charge in [0.15, 0.2) is 5.82 Å². The zero-order chi connectivity index (χ0) is 12.0. The number of nitrogens with one attached hydrogen (secondary N) is 1. The smallest absolute Gasteiger partial charge is 0.242 e. The highest BCUT2D eigenvalue weighted by atomic mass is 16.5. The number of aromatic nitrogens is 1. The zero-order valence-electron chi connectivity index (χ0n) is 9.53. The van der Waals surface area contributed by atoms with Gasteiger partial charge < -0.3 is 20.3 Å². The number of ether oxygens (including phenoxy) is 1. The minimum atomic E-state index is -0.549. The van der Waals surface area contributed by atoms with E-state index in [0.29, 0.717) is 24.6 Å². The van der Waals surface area contributed by atoms with Gasteiger partial charge in [0.1, 0.15) is 5.76 Å². The maximum atomic E-state index is 11.6. The summed E-state index contributed by atoms with van der Waals surface area (Å²) in [6.45, 7) is 2.35. The van der Waals surface area contributed by atoms with Gasteiger partial charge in [-0.25, -0.2) is 0 Å². The third kappa shape index (κ3) is 4.00. The zero-order valence-corrected chi connectivity index (χ0v) is 9.53. The van der Waals surface area contributed by atoms with Gasteiger partial charge in [-0.2, -0.15) is 0 Å². The molecule has 0 saturated heterocycles. The quantitative estimate of drug-likeness (QED) is 0.697. The second-order valence-corrected chi connectivity index (χ2v) is 3.55. The summed E-state index contributed by atoms with van der Waals surface area (Å²) in [5.74, 6) is 0.775. The Morgan fingerprint density at radius 3 is 3.06 bits per heavy atom. The first-order valence-electron chi connectivity index (χ1n) is 5.12.